The van der Waals surface area contributed by atoms with Crippen LogP contribution in [0.25, 0.3) is 0 Å². The summed E-state index contributed by atoms with van der Waals surface area (Å²) in [5, 5.41) is 12.9. The molecular formula is C11H19N3O2. The Morgan fingerprint density at radius 3 is 2.88 bits per heavy atom. The van der Waals surface area contributed by atoms with Gasteiger partial charge in [-0.3, -0.25) is 4.79 Å². The Hall–Kier alpha value is -1.36. The van der Waals surface area contributed by atoms with E-state index in [4.69, 9.17) is 0 Å². The molecule has 0 aromatic carbocycles. The van der Waals surface area contributed by atoms with Gasteiger partial charge in [-0.2, -0.15) is 0 Å². The largest absolute Gasteiger partial charge is 0.388 e. The van der Waals surface area contributed by atoms with Gasteiger partial charge in [-0.15, -0.1) is 0 Å². The molecule has 5 heteroatoms. The molecule has 1 atom stereocenters. The van der Waals surface area contributed by atoms with Gasteiger partial charge >= 0.3 is 0 Å². The quantitative estimate of drug-likeness (QED) is 0.699. The number of hydrogen-bond acceptors (Lipinski definition) is 4. The van der Waals surface area contributed by atoms with Crippen LogP contribution in [0.1, 0.15) is 32.5 Å². The molecule has 16 heavy (non-hydrogen) atoms. The third-order valence-electron chi connectivity index (χ3n) is 2.30. The Morgan fingerprint density at radius 1 is 1.62 bits per heavy atom. The molecule has 0 fully saturated rings. The molecule has 1 rings (SSSR count). The number of hydrogen-bond donors (Lipinski definition) is 3. The van der Waals surface area contributed by atoms with Gasteiger partial charge in [0.1, 0.15) is 11.6 Å². The number of nitrogens with one attached hydrogen (secondary N) is 2. The first-order valence-corrected chi connectivity index (χ1v) is 5.47. The fourth-order valence-corrected chi connectivity index (χ4v) is 1.58. The third-order valence-corrected chi connectivity index (χ3v) is 2.30. The lowest BCUT2D eigenvalue weighted by Gasteiger charge is -2.23. The summed E-state index contributed by atoms with van der Waals surface area (Å²) in [5.41, 5.74) is -0.961. The highest BCUT2D eigenvalue weighted by Gasteiger charge is 2.18. The van der Waals surface area contributed by atoms with E-state index in [1.54, 1.807) is 13.8 Å². The molecule has 1 unspecified atom stereocenters. The summed E-state index contributed by atoms with van der Waals surface area (Å²) in [4.78, 5) is 17.8. The number of aromatic nitrogens is 2. The highest BCUT2D eigenvalue weighted by molar-refractivity contribution is 5.33. The van der Waals surface area contributed by atoms with E-state index in [0.717, 1.165) is 6.42 Å². The number of anilines is 1. The summed E-state index contributed by atoms with van der Waals surface area (Å²) in [7, 11) is 0. The maximum Gasteiger partial charge on any atom is 0.252 e. The minimum atomic E-state index is -0.771. The van der Waals surface area contributed by atoms with Gasteiger partial charge in [0.05, 0.1) is 5.60 Å². The van der Waals surface area contributed by atoms with Crippen molar-refractivity contribution in [3.05, 3.63) is 22.2 Å². The maximum atomic E-state index is 11.2. The molecule has 0 aliphatic heterocycles. The maximum absolute atomic E-state index is 11.2. The zero-order chi connectivity index (χ0) is 12.2. The molecule has 0 aliphatic carbocycles. The van der Waals surface area contributed by atoms with Gasteiger partial charge < -0.3 is 15.4 Å². The van der Waals surface area contributed by atoms with Crippen LogP contribution in [-0.4, -0.2) is 27.2 Å². The van der Waals surface area contributed by atoms with Crippen LogP contribution in [0.2, 0.25) is 0 Å². The Balaban J connectivity index is 2.64. The summed E-state index contributed by atoms with van der Waals surface area (Å²) < 4.78 is 0. The molecular weight excluding hydrogens is 206 g/mol. The second kappa shape index (κ2) is 5.12. The van der Waals surface area contributed by atoms with Crippen LogP contribution < -0.4 is 10.9 Å². The van der Waals surface area contributed by atoms with Crippen LogP contribution in [0.5, 0.6) is 0 Å². The average molecular weight is 225 g/mol. The first-order chi connectivity index (χ1) is 7.43. The van der Waals surface area contributed by atoms with E-state index >= 15 is 0 Å². The van der Waals surface area contributed by atoms with Crippen molar-refractivity contribution in [2.24, 2.45) is 0 Å². The molecule has 1 heterocycles. The van der Waals surface area contributed by atoms with Crippen molar-refractivity contribution in [2.45, 2.75) is 39.2 Å². The van der Waals surface area contributed by atoms with Gasteiger partial charge in [0, 0.05) is 12.6 Å². The van der Waals surface area contributed by atoms with Gasteiger partial charge in [-0.05, 0) is 20.3 Å². The van der Waals surface area contributed by atoms with Crippen LogP contribution >= 0.6 is 0 Å². The number of rotatable bonds is 5. The van der Waals surface area contributed by atoms with Crippen LogP contribution in [0.15, 0.2) is 10.9 Å². The number of aromatic amines is 1. The minimum Gasteiger partial charge on any atom is -0.388 e. The topological polar surface area (TPSA) is 78.0 Å². The highest BCUT2D eigenvalue weighted by Crippen LogP contribution is 2.12. The SMILES string of the molecule is CCCC(C)(O)CNc1cc(=O)[nH]c(C)n1. The van der Waals surface area contributed by atoms with E-state index in [2.05, 4.69) is 15.3 Å². The lowest BCUT2D eigenvalue weighted by atomic mass is 10.0. The first-order valence-electron chi connectivity index (χ1n) is 5.47. The summed E-state index contributed by atoms with van der Waals surface area (Å²) in [6.45, 7) is 5.89. The summed E-state index contributed by atoms with van der Waals surface area (Å²) in [6.07, 6.45) is 1.62. The van der Waals surface area contributed by atoms with Crippen molar-refractivity contribution in [1.82, 2.24) is 9.97 Å². The number of aliphatic hydroxyl groups is 1. The third kappa shape index (κ3) is 4.02. The molecule has 3 N–H and O–H groups in total. The van der Waals surface area contributed by atoms with E-state index < -0.39 is 5.60 Å². The van der Waals surface area contributed by atoms with Crippen molar-refractivity contribution in [2.75, 3.05) is 11.9 Å². The van der Waals surface area contributed by atoms with Gasteiger partial charge in [0.2, 0.25) is 0 Å². The van der Waals surface area contributed by atoms with Gasteiger partial charge in [-0.25, -0.2) is 4.98 Å². The van der Waals surface area contributed by atoms with Crippen molar-refractivity contribution in [3.8, 4) is 0 Å². The smallest absolute Gasteiger partial charge is 0.252 e. The average Bonchev–Trinajstić information content (AvgIpc) is 2.13. The normalized spacial score (nSPS) is 14.5. The van der Waals surface area contributed by atoms with Gasteiger partial charge in [0.15, 0.2) is 0 Å². The standard InChI is InChI=1S/C11H19N3O2/c1-4-5-11(3,16)7-12-9-6-10(15)14-8(2)13-9/h6,16H,4-5,7H2,1-3H3,(H2,12,13,14,15). The molecule has 5 nitrogen and oxygen atoms in total. The number of aryl methyl sites for hydroxylation is 1. The van der Waals surface area contributed by atoms with E-state index in [9.17, 15) is 9.90 Å². The van der Waals surface area contributed by atoms with Gasteiger partial charge in [-0.1, -0.05) is 13.3 Å². The van der Waals surface area contributed by atoms with Crippen molar-refractivity contribution in [1.29, 1.82) is 0 Å². The first kappa shape index (κ1) is 12.7. The summed E-state index contributed by atoms with van der Waals surface area (Å²) in [6, 6.07) is 1.38. The minimum absolute atomic E-state index is 0.190. The summed E-state index contributed by atoms with van der Waals surface area (Å²) in [5.74, 6) is 1.06. The molecule has 0 aliphatic rings. The van der Waals surface area contributed by atoms with E-state index in [1.165, 1.54) is 6.07 Å². The van der Waals surface area contributed by atoms with Crippen molar-refractivity contribution in [3.63, 3.8) is 0 Å². The molecule has 0 amide bonds. The fraction of sp³-hybridized carbons (Fsp3) is 0.636. The lowest BCUT2D eigenvalue weighted by molar-refractivity contribution is 0.0636. The van der Waals surface area contributed by atoms with Crippen molar-refractivity contribution >= 4 is 5.82 Å². The van der Waals surface area contributed by atoms with Gasteiger partial charge in [0.25, 0.3) is 5.56 Å². The van der Waals surface area contributed by atoms with Crippen LogP contribution in [0, 0.1) is 6.92 Å². The van der Waals surface area contributed by atoms with E-state index in [-0.39, 0.29) is 5.56 Å². The molecule has 0 saturated carbocycles. The number of nitrogens with zero attached hydrogens (tertiary/aromatic N) is 1. The molecule has 1 aromatic heterocycles. The summed E-state index contributed by atoms with van der Waals surface area (Å²) >= 11 is 0. The van der Waals surface area contributed by atoms with Crippen LogP contribution in [-0.2, 0) is 0 Å². The number of H-pyrrole nitrogens is 1. The predicted octanol–water partition coefficient (Wildman–Crippen LogP) is 1.04. The molecule has 0 radical (unpaired) electrons. The Bertz CT molecular complexity index is 398. The molecule has 90 valence electrons. The fourth-order valence-electron chi connectivity index (χ4n) is 1.58. The van der Waals surface area contributed by atoms with E-state index in [0.29, 0.717) is 24.6 Å². The second-order valence-electron chi connectivity index (χ2n) is 4.32. The van der Waals surface area contributed by atoms with E-state index in [1.807, 2.05) is 6.92 Å². The Morgan fingerprint density at radius 2 is 2.31 bits per heavy atom. The molecule has 0 bridgehead atoms. The Labute approximate surface area is 94.9 Å². The predicted molar refractivity (Wildman–Crippen MR) is 63.6 cm³/mol. The molecule has 1 aromatic rings. The molecule has 0 saturated heterocycles. The zero-order valence-corrected chi connectivity index (χ0v) is 10.0. The zero-order valence-electron chi connectivity index (χ0n) is 10.0. The highest BCUT2D eigenvalue weighted by atomic mass is 16.3. The van der Waals surface area contributed by atoms with Crippen LogP contribution in [0.4, 0.5) is 5.82 Å². The Kier molecular flexibility index (Phi) is 4.06. The second-order valence-corrected chi connectivity index (χ2v) is 4.32. The molecule has 0 spiro atoms. The lowest BCUT2D eigenvalue weighted by Crippen LogP contribution is -2.33. The van der Waals surface area contributed by atoms with Crippen molar-refractivity contribution < 1.29 is 5.11 Å². The van der Waals surface area contributed by atoms with Crippen LogP contribution in [0.3, 0.4) is 0 Å². The monoisotopic (exact) mass is 225 g/mol.